The molecule has 0 saturated heterocycles. The van der Waals surface area contributed by atoms with Crippen LogP contribution in [0.1, 0.15) is 15.9 Å². The van der Waals surface area contributed by atoms with Crippen LogP contribution in [-0.4, -0.2) is 5.91 Å². The van der Waals surface area contributed by atoms with Gasteiger partial charge in [-0.05, 0) is 30.7 Å². The first-order valence-electron chi connectivity index (χ1n) is 6.43. The molecule has 20 heavy (non-hydrogen) atoms. The van der Waals surface area contributed by atoms with Gasteiger partial charge in [-0.3, -0.25) is 4.79 Å². The largest absolute Gasteiger partial charge is 0.345 e. The summed E-state index contributed by atoms with van der Waals surface area (Å²) in [7, 11) is 0. The standard InChI is InChI=1S/C16H12N2OS/c1-9-5-4-8-12-13(9)14-15(19)17-10-6-2-3-7-11(10)18-16(14)20-12/h2-8,18H,1H3,(H,17,19). The lowest BCUT2D eigenvalue weighted by atomic mass is 10.1. The van der Waals surface area contributed by atoms with Crippen molar-refractivity contribution in [1.29, 1.82) is 0 Å². The van der Waals surface area contributed by atoms with Crippen LogP contribution < -0.4 is 10.6 Å². The van der Waals surface area contributed by atoms with E-state index in [0.29, 0.717) is 0 Å². The molecule has 2 heterocycles. The van der Waals surface area contributed by atoms with E-state index in [0.717, 1.165) is 37.6 Å². The van der Waals surface area contributed by atoms with Crippen molar-refractivity contribution in [3.05, 3.63) is 53.6 Å². The van der Waals surface area contributed by atoms with Gasteiger partial charge in [0.05, 0.1) is 16.9 Å². The van der Waals surface area contributed by atoms with Crippen LogP contribution in [0.15, 0.2) is 42.5 Å². The average molecular weight is 280 g/mol. The molecule has 4 heteroatoms. The van der Waals surface area contributed by atoms with Gasteiger partial charge in [0, 0.05) is 10.1 Å². The Kier molecular flexibility index (Phi) is 2.35. The molecule has 0 saturated carbocycles. The van der Waals surface area contributed by atoms with Crippen molar-refractivity contribution in [1.82, 2.24) is 0 Å². The maximum Gasteiger partial charge on any atom is 0.259 e. The number of carbonyl (C=O) groups is 1. The van der Waals surface area contributed by atoms with Gasteiger partial charge in [0.2, 0.25) is 0 Å². The summed E-state index contributed by atoms with van der Waals surface area (Å²) in [5, 5.41) is 8.33. The first-order valence-corrected chi connectivity index (χ1v) is 7.25. The number of carbonyl (C=O) groups excluding carboxylic acids is 1. The van der Waals surface area contributed by atoms with Gasteiger partial charge in [0.25, 0.3) is 5.91 Å². The number of para-hydroxylation sites is 2. The maximum absolute atomic E-state index is 12.6. The Morgan fingerprint density at radius 1 is 0.950 bits per heavy atom. The Balaban J connectivity index is 2.02. The van der Waals surface area contributed by atoms with Gasteiger partial charge in [-0.1, -0.05) is 24.3 Å². The van der Waals surface area contributed by atoms with Crippen molar-refractivity contribution in [2.24, 2.45) is 0 Å². The molecule has 0 bridgehead atoms. The molecule has 4 rings (SSSR count). The molecule has 1 aliphatic rings. The summed E-state index contributed by atoms with van der Waals surface area (Å²) in [4.78, 5) is 12.6. The number of benzene rings is 2. The SMILES string of the molecule is Cc1cccc2sc3c(c12)C(=O)Nc1ccccc1N3. The van der Waals surface area contributed by atoms with Crippen LogP contribution in [0, 0.1) is 6.92 Å². The van der Waals surface area contributed by atoms with Crippen molar-refractivity contribution < 1.29 is 4.79 Å². The number of nitrogens with one attached hydrogen (secondary N) is 2. The molecule has 0 radical (unpaired) electrons. The third-order valence-electron chi connectivity index (χ3n) is 3.57. The normalized spacial score (nSPS) is 13.2. The lowest BCUT2D eigenvalue weighted by Gasteiger charge is -2.06. The van der Waals surface area contributed by atoms with Crippen molar-refractivity contribution in [2.45, 2.75) is 6.92 Å². The first kappa shape index (κ1) is 11.5. The molecule has 0 unspecified atom stereocenters. The molecule has 2 aromatic carbocycles. The molecular weight excluding hydrogens is 268 g/mol. The summed E-state index contributed by atoms with van der Waals surface area (Å²) in [5.41, 5.74) is 3.63. The number of aryl methyl sites for hydroxylation is 1. The zero-order valence-corrected chi connectivity index (χ0v) is 11.7. The van der Waals surface area contributed by atoms with Crippen LogP contribution in [-0.2, 0) is 0 Å². The second kappa shape index (κ2) is 4.08. The van der Waals surface area contributed by atoms with Gasteiger partial charge in [-0.2, -0.15) is 0 Å². The molecule has 2 N–H and O–H groups in total. The summed E-state index contributed by atoms with van der Waals surface area (Å²) in [6, 6.07) is 13.9. The van der Waals surface area contributed by atoms with E-state index in [-0.39, 0.29) is 5.91 Å². The van der Waals surface area contributed by atoms with Crippen LogP contribution in [0.25, 0.3) is 10.1 Å². The van der Waals surface area contributed by atoms with Crippen LogP contribution in [0.4, 0.5) is 16.4 Å². The lowest BCUT2D eigenvalue weighted by molar-refractivity contribution is 0.103. The fourth-order valence-electron chi connectivity index (χ4n) is 2.63. The molecule has 1 aromatic heterocycles. The van der Waals surface area contributed by atoms with Crippen molar-refractivity contribution in [2.75, 3.05) is 10.6 Å². The summed E-state index contributed by atoms with van der Waals surface area (Å²) in [6.07, 6.45) is 0. The van der Waals surface area contributed by atoms with Gasteiger partial charge in [-0.15, -0.1) is 11.3 Å². The Bertz CT molecular complexity index is 851. The number of amides is 1. The minimum absolute atomic E-state index is 0.0435. The van der Waals surface area contributed by atoms with E-state index < -0.39 is 0 Å². The number of anilines is 3. The van der Waals surface area contributed by atoms with E-state index in [2.05, 4.69) is 16.7 Å². The minimum Gasteiger partial charge on any atom is -0.345 e. The Hall–Kier alpha value is -2.33. The molecule has 0 aliphatic carbocycles. The Morgan fingerprint density at radius 3 is 2.50 bits per heavy atom. The number of hydrogen-bond acceptors (Lipinski definition) is 3. The van der Waals surface area contributed by atoms with E-state index in [4.69, 9.17) is 0 Å². The zero-order chi connectivity index (χ0) is 13.7. The Morgan fingerprint density at radius 2 is 1.70 bits per heavy atom. The van der Waals surface area contributed by atoms with E-state index in [1.54, 1.807) is 11.3 Å². The van der Waals surface area contributed by atoms with Crippen LogP contribution in [0.3, 0.4) is 0 Å². The molecule has 0 spiro atoms. The molecule has 3 nitrogen and oxygen atoms in total. The molecule has 98 valence electrons. The molecule has 0 atom stereocenters. The van der Waals surface area contributed by atoms with Crippen molar-refractivity contribution in [3.63, 3.8) is 0 Å². The van der Waals surface area contributed by atoms with E-state index in [1.165, 1.54) is 0 Å². The van der Waals surface area contributed by atoms with Gasteiger partial charge in [0.1, 0.15) is 5.00 Å². The van der Waals surface area contributed by atoms with Crippen molar-refractivity contribution in [3.8, 4) is 0 Å². The topological polar surface area (TPSA) is 41.1 Å². The third kappa shape index (κ3) is 1.55. The Labute approximate surface area is 120 Å². The van der Waals surface area contributed by atoms with Crippen LogP contribution >= 0.6 is 11.3 Å². The molecule has 1 aliphatic heterocycles. The summed E-state index contributed by atoms with van der Waals surface area (Å²) < 4.78 is 1.14. The predicted octanol–water partition coefficient (Wildman–Crippen LogP) is 4.52. The number of thiophene rings is 1. The van der Waals surface area contributed by atoms with E-state index in [1.807, 2.05) is 43.3 Å². The van der Waals surface area contributed by atoms with E-state index in [9.17, 15) is 4.79 Å². The minimum atomic E-state index is -0.0435. The van der Waals surface area contributed by atoms with Crippen LogP contribution in [0.5, 0.6) is 0 Å². The fraction of sp³-hybridized carbons (Fsp3) is 0.0625. The molecule has 0 fully saturated rings. The quantitative estimate of drug-likeness (QED) is 0.635. The molecular formula is C16H12N2OS. The van der Waals surface area contributed by atoms with Crippen LogP contribution in [0.2, 0.25) is 0 Å². The molecule has 1 amide bonds. The predicted molar refractivity (Wildman–Crippen MR) is 84.2 cm³/mol. The van der Waals surface area contributed by atoms with Gasteiger partial charge >= 0.3 is 0 Å². The highest BCUT2D eigenvalue weighted by molar-refractivity contribution is 7.23. The number of rotatable bonds is 0. The summed E-state index contributed by atoms with van der Waals surface area (Å²) >= 11 is 1.62. The highest BCUT2D eigenvalue weighted by atomic mass is 32.1. The lowest BCUT2D eigenvalue weighted by Crippen LogP contribution is -2.10. The monoisotopic (exact) mass is 280 g/mol. The fourth-order valence-corrected chi connectivity index (χ4v) is 3.82. The van der Waals surface area contributed by atoms with Gasteiger partial charge in [0.15, 0.2) is 0 Å². The summed E-state index contributed by atoms with van der Waals surface area (Å²) in [5.74, 6) is -0.0435. The average Bonchev–Trinajstić information content (AvgIpc) is 2.74. The second-order valence-electron chi connectivity index (χ2n) is 4.88. The second-order valence-corrected chi connectivity index (χ2v) is 5.93. The number of hydrogen-bond donors (Lipinski definition) is 2. The van der Waals surface area contributed by atoms with E-state index >= 15 is 0 Å². The summed E-state index contributed by atoms with van der Waals surface area (Å²) in [6.45, 7) is 2.04. The highest BCUT2D eigenvalue weighted by Crippen LogP contribution is 2.42. The first-order chi connectivity index (χ1) is 9.74. The third-order valence-corrected chi connectivity index (χ3v) is 4.64. The van der Waals surface area contributed by atoms with Gasteiger partial charge in [-0.25, -0.2) is 0 Å². The molecule has 3 aromatic rings. The van der Waals surface area contributed by atoms with Gasteiger partial charge < -0.3 is 10.6 Å². The number of fused-ring (bicyclic) bond motifs is 4. The zero-order valence-electron chi connectivity index (χ0n) is 10.9. The smallest absolute Gasteiger partial charge is 0.259 e. The van der Waals surface area contributed by atoms with Crippen molar-refractivity contribution >= 4 is 43.7 Å². The maximum atomic E-state index is 12.6. The highest BCUT2D eigenvalue weighted by Gasteiger charge is 2.24.